The van der Waals surface area contributed by atoms with Gasteiger partial charge in [-0.2, -0.15) is 0 Å². The van der Waals surface area contributed by atoms with E-state index in [2.05, 4.69) is 4.98 Å². The summed E-state index contributed by atoms with van der Waals surface area (Å²) in [4.78, 5) is 29.3. The van der Waals surface area contributed by atoms with Gasteiger partial charge in [-0.25, -0.2) is 9.78 Å². The van der Waals surface area contributed by atoms with Gasteiger partial charge in [-0.05, 0) is 25.0 Å². The minimum Gasteiger partial charge on any atom is -0.386 e. The Kier molecular flexibility index (Phi) is 3.68. The highest BCUT2D eigenvalue weighted by Gasteiger charge is 2.17. The van der Waals surface area contributed by atoms with E-state index in [4.69, 9.17) is 0 Å². The van der Waals surface area contributed by atoms with Gasteiger partial charge in [-0.3, -0.25) is 13.9 Å². The van der Waals surface area contributed by atoms with E-state index >= 15 is 0 Å². The first kappa shape index (κ1) is 16.2. The van der Waals surface area contributed by atoms with Gasteiger partial charge in [0.05, 0.1) is 18.5 Å². The van der Waals surface area contributed by atoms with Crippen LogP contribution in [0.5, 0.6) is 0 Å². The Morgan fingerprint density at radius 3 is 2.33 bits per heavy atom. The fourth-order valence-electron chi connectivity index (χ4n) is 2.74. The van der Waals surface area contributed by atoms with Gasteiger partial charge in [-0.1, -0.05) is 24.3 Å². The number of aromatic nitrogens is 4. The molecule has 0 spiro atoms. The summed E-state index contributed by atoms with van der Waals surface area (Å²) in [5.41, 5.74) is 0.653. The van der Waals surface area contributed by atoms with Crippen molar-refractivity contribution in [2.45, 2.75) is 26.0 Å². The molecule has 0 saturated heterocycles. The van der Waals surface area contributed by atoms with Crippen LogP contribution in [0.3, 0.4) is 0 Å². The lowest BCUT2D eigenvalue weighted by molar-refractivity contribution is 0.0786. The van der Waals surface area contributed by atoms with Gasteiger partial charge in [0, 0.05) is 14.1 Å². The van der Waals surface area contributed by atoms with Crippen LogP contribution in [0.2, 0.25) is 0 Å². The topological polar surface area (TPSA) is 82.1 Å². The van der Waals surface area contributed by atoms with Gasteiger partial charge in [0.1, 0.15) is 0 Å². The molecule has 0 atom stereocenters. The summed E-state index contributed by atoms with van der Waals surface area (Å²) in [5.74, 6) is 0. The van der Waals surface area contributed by atoms with Crippen LogP contribution in [0.15, 0.2) is 40.2 Å². The Morgan fingerprint density at radius 1 is 1.12 bits per heavy atom. The minimum absolute atomic E-state index is 0.165. The highest BCUT2D eigenvalue weighted by atomic mass is 16.3. The van der Waals surface area contributed by atoms with E-state index in [1.165, 1.54) is 15.5 Å². The molecule has 0 unspecified atom stereocenters. The first-order valence-electron chi connectivity index (χ1n) is 7.63. The second kappa shape index (κ2) is 5.45. The number of hydrogen-bond donors (Lipinski definition) is 1. The van der Waals surface area contributed by atoms with Crippen molar-refractivity contribution in [1.29, 1.82) is 0 Å². The van der Waals surface area contributed by atoms with Crippen molar-refractivity contribution >= 4 is 11.2 Å². The molecule has 0 aliphatic carbocycles. The molecule has 1 N–H and O–H groups in total. The van der Waals surface area contributed by atoms with Crippen LogP contribution in [0.1, 0.15) is 25.0 Å². The number of aliphatic hydroxyl groups is 1. The van der Waals surface area contributed by atoms with Gasteiger partial charge in [-0.15, -0.1) is 0 Å². The Bertz CT molecular complexity index is 1020. The molecular formula is C17H20N4O3. The molecule has 0 radical (unpaired) electrons. The molecule has 0 aliphatic heterocycles. The maximum atomic E-state index is 12.7. The second-order valence-electron chi connectivity index (χ2n) is 6.52. The van der Waals surface area contributed by atoms with Crippen LogP contribution in [0.4, 0.5) is 0 Å². The van der Waals surface area contributed by atoms with E-state index in [1.54, 1.807) is 44.6 Å². The van der Waals surface area contributed by atoms with Crippen molar-refractivity contribution in [3.8, 4) is 0 Å². The van der Waals surface area contributed by atoms with Crippen molar-refractivity contribution < 1.29 is 5.11 Å². The molecule has 7 nitrogen and oxygen atoms in total. The lowest BCUT2D eigenvalue weighted by Gasteiger charge is -2.18. The minimum atomic E-state index is -0.931. The van der Waals surface area contributed by atoms with E-state index in [0.717, 1.165) is 11.1 Å². The van der Waals surface area contributed by atoms with E-state index in [0.29, 0.717) is 11.2 Å². The van der Waals surface area contributed by atoms with Gasteiger partial charge in [0.15, 0.2) is 11.2 Å². The van der Waals surface area contributed by atoms with Gasteiger partial charge in [0.2, 0.25) is 0 Å². The zero-order valence-electron chi connectivity index (χ0n) is 14.1. The van der Waals surface area contributed by atoms with Crippen molar-refractivity contribution in [3.05, 3.63) is 62.6 Å². The smallest absolute Gasteiger partial charge is 0.332 e. The first-order chi connectivity index (χ1) is 11.2. The highest BCUT2D eigenvalue weighted by molar-refractivity contribution is 5.69. The average Bonchev–Trinajstić information content (AvgIpc) is 2.91. The Morgan fingerprint density at radius 2 is 1.75 bits per heavy atom. The van der Waals surface area contributed by atoms with E-state index < -0.39 is 11.3 Å². The Labute approximate surface area is 138 Å². The highest BCUT2D eigenvalue weighted by Crippen LogP contribution is 2.19. The molecule has 0 saturated carbocycles. The van der Waals surface area contributed by atoms with E-state index in [9.17, 15) is 14.7 Å². The van der Waals surface area contributed by atoms with E-state index in [1.807, 2.05) is 12.1 Å². The molecule has 3 aromatic rings. The molecular weight excluding hydrogens is 308 g/mol. The molecule has 7 heteroatoms. The number of fused-ring (bicyclic) bond motifs is 1. The van der Waals surface area contributed by atoms with Gasteiger partial charge in [0.25, 0.3) is 5.56 Å². The predicted octanol–water partition coefficient (Wildman–Crippen LogP) is 0.709. The third-order valence-corrected chi connectivity index (χ3v) is 4.20. The van der Waals surface area contributed by atoms with Crippen LogP contribution in [0.25, 0.3) is 11.2 Å². The summed E-state index contributed by atoms with van der Waals surface area (Å²) in [7, 11) is 3.33. The summed E-state index contributed by atoms with van der Waals surface area (Å²) < 4.78 is 4.19. The van der Waals surface area contributed by atoms with Crippen LogP contribution < -0.4 is 11.2 Å². The normalized spacial score (nSPS) is 12.0. The van der Waals surface area contributed by atoms with Crippen molar-refractivity contribution in [2.75, 3.05) is 0 Å². The van der Waals surface area contributed by atoms with E-state index in [-0.39, 0.29) is 12.1 Å². The number of hydrogen-bond acceptors (Lipinski definition) is 4. The van der Waals surface area contributed by atoms with Crippen LogP contribution in [-0.4, -0.2) is 23.8 Å². The molecule has 24 heavy (non-hydrogen) atoms. The molecule has 0 fully saturated rings. The molecule has 0 bridgehead atoms. The van der Waals surface area contributed by atoms with Gasteiger partial charge < -0.3 is 9.67 Å². The Balaban J connectivity index is 2.09. The monoisotopic (exact) mass is 328 g/mol. The maximum Gasteiger partial charge on any atom is 0.332 e. The fraction of sp³-hybridized carbons (Fsp3) is 0.353. The quantitative estimate of drug-likeness (QED) is 0.768. The molecule has 2 heterocycles. The largest absolute Gasteiger partial charge is 0.386 e. The zero-order valence-corrected chi connectivity index (χ0v) is 14.1. The lowest BCUT2D eigenvalue weighted by atomic mass is 9.97. The number of aryl methyl sites for hydroxylation is 2. The maximum absolute atomic E-state index is 12.7. The summed E-state index contributed by atoms with van der Waals surface area (Å²) in [6, 6.07) is 7.22. The first-order valence-corrected chi connectivity index (χ1v) is 7.63. The third-order valence-electron chi connectivity index (χ3n) is 4.20. The molecule has 0 aliphatic rings. The number of nitrogens with zero attached hydrogens (tertiary/aromatic N) is 4. The number of rotatable bonds is 3. The van der Waals surface area contributed by atoms with Gasteiger partial charge >= 0.3 is 5.69 Å². The molecule has 2 aromatic heterocycles. The molecule has 3 rings (SSSR count). The van der Waals surface area contributed by atoms with Crippen LogP contribution in [0, 0.1) is 0 Å². The zero-order chi connectivity index (χ0) is 17.6. The summed E-state index contributed by atoms with van der Waals surface area (Å²) in [6.45, 7) is 3.58. The molecule has 0 amide bonds. The van der Waals surface area contributed by atoms with Crippen LogP contribution in [-0.2, 0) is 26.2 Å². The summed E-state index contributed by atoms with van der Waals surface area (Å²) >= 11 is 0. The third kappa shape index (κ3) is 2.56. The Hall–Kier alpha value is -2.67. The second-order valence-corrected chi connectivity index (χ2v) is 6.52. The summed E-state index contributed by atoms with van der Waals surface area (Å²) in [6.07, 6.45) is 1.52. The fourth-order valence-corrected chi connectivity index (χ4v) is 2.74. The number of benzene rings is 1. The molecule has 1 aromatic carbocycles. The SMILES string of the molecule is Cn1cnc2c1c(=O)n(Cc1ccc(C(C)(C)O)cc1)c(=O)n2C. The van der Waals surface area contributed by atoms with Crippen LogP contribution >= 0.6 is 0 Å². The van der Waals surface area contributed by atoms with Crippen molar-refractivity contribution in [2.24, 2.45) is 14.1 Å². The van der Waals surface area contributed by atoms with Crippen molar-refractivity contribution in [3.63, 3.8) is 0 Å². The predicted molar refractivity (Wildman–Crippen MR) is 91.0 cm³/mol. The molecule has 126 valence electrons. The standard InChI is InChI=1S/C17H20N4O3/c1-17(2,24)12-7-5-11(6-8-12)9-21-15(22)13-14(18-10-19(13)3)20(4)16(21)23/h5-8,10,24H,9H2,1-4H3. The average molecular weight is 328 g/mol. The lowest BCUT2D eigenvalue weighted by Crippen LogP contribution is -2.39. The van der Waals surface area contributed by atoms with Crippen molar-refractivity contribution in [1.82, 2.24) is 18.7 Å². The number of imidazole rings is 1. The summed E-state index contributed by atoms with van der Waals surface area (Å²) in [5, 5.41) is 10.0.